The first-order chi connectivity index (χ1) is 12.6. The van der Waals surface area contributed by atoms with Crippen molar-refractivity contribution in [1.82, 2.24) is 14.8 Å². The van der Waals surface area contributed by atoms with E-state index in [0.717, 1.165) is 23.4 Å². The summed E-state index contributed by atoms with van der Waals surface area (Å²) in [6.07, 6.45) is 1.49. The predicted molar refractivity (Wildman–Crippen MR) is 103 cm³/mol. The van der Waals surface area contributed by atoms with Gasteiger partial charge in [0, 0.05) is 12.6 Å². The Kier molecular flexibility index (Phi) is 4.37. The molecular formula is C18H16N4O2S2. The van der Waals surface area contributed by atoms with Gasteiger partial charge in [-0.05, 0) is 36.4 Å². The Morgan fingerprint density at radius 1 is 1.15 bits per heavy atom. The molecule has 2 aromatic heterocycles. The summed E-state index contributed by atoms with van der Waals surface area (Å²) in [6.45, 7) is 1.48. The van der Waals surface area contributed by atoms with Crippen LogP contribution in [0.2, 0.25) is 0 Å². The Morgan fingerprint density at radius 3 is 2.54 bits per heavy atom. The second-order valence-corrected chi connectivity index (χ2v) is 8.35. The van der Waals surface area contributed by atoms with Crippen molar-refractivity contribution in [2.24, 2.45) is 0 Å². The van der Waals surface area contributed by atoms with E-state index >= 15 is 0 Å². The zero-order valence-electron chi connectivity index (χ0n) is 14.0. The summed E-state index contributed by atoms with van der Waals surface area (Å²) in [5, 5.41) is 13.7. The fourth-order valence-electron chi connectivity index (χ4n) is 2.62. The van der Waals surface area contributed by atoms with E-state index in [0.29, 0.717) is 11.0 Å². The Morgan fingerprint density at radius 2 is 1.92 bits per heavy atom. The largest absolute Gasteiger partial charge is 0.325 e. The Balaban J connectivity index is 1.59. The van der Waals surface area contributed by atoms with Gasteiger partial charge in [-0.2, -0.15) is 0 Å². The molecule has 0 bridgehead atoms. The number of thioether (sulfide) groups is 1. The van der Waals surface area contributed by atoms with Crippen molar-refractivity contribution in [2.75, 3.05) is 5.32 Å². The fraction of sp³-hybridized carbons (Fsp3) is 0.222. The highest BCUT2D eigenvalue weighted by atomic mass is 32.2. The van der Waals surface area contributed by atoms with Crippen molar-refractivity contribution in [1.29, 1.82) is 0 Å². The van der Waals surface area contributed by atoms with Crippen LogP contribution in [0.3, 0.4) is 0 Å². The first-order valence-corrected chi connectivity index (χ1v) is 9.84. The third kappa shape index (κ3) is 3.17. The maximum Gasteiger partial charge on any atom is 0.241 e. The van der Waals surface area contributed by atoms with Crippen LogP contribution in [0, 0.1) is 0 Å². The summed E-state index contributed by atoms with van der Waals surface area (Å²) in [6, 6.07) is 13.2. The molecule has 1 aliphatic carbocycles. The van der Waals surface area contributed by atoms with Crippen molar-refractivity contribution >= 4 is 40.6 Å². The van der Waals surface area contributed by atoms with Crippen molar-refractivity contribution < 1.29 is 9.59 Å². The van der Waals surface area contributed by atoms with E-state index in [1.54, 1.807) is 0 Å². The van der Waals surface area contributed by atoms with Gasteiger partial charge in [-0.25, -0.2) is 4.57 Å². The third-order valence-corrected chi connectivity index (χ3v) is 6.42. The van der Waals surface area contributed by atoms with Gasteiger partial charge in [0.05, 0.1) is 4.88 Å². The molecule has 2 heterocycles. The number of nitrogens with one attached hydrogen (secondary N) is 1. The molecule has 0 unspecified atom stereocenters. The number of carbonyl (C=O) groups is 2. The predicted octanol–water partition coefficient (Wildman–Crippen LogP) is 3.93. The normalized spacial score (nSPS) is 14.8. The minimum absolute atomic E-state index is 0.0653. The standard InChI is InChI=1S/C18H16N4O2S2/c1-12(23)22-15(14-8-5-11-25-14)20-21-17(22)26-18(9-10-18)16(24)19-13-6-3-2-4-7-13/h2-8,11H,9-10H2,1H3,(H,19,24). The second kappa shape index (κ2) is 6.69. The quantitative estimate of drug-likeness (QED) is 0.721. The number of hydrogen-bond acceptors (Lipinski definition) is 6. The molecule has 0 spiro atoms. The lowest BCUT2D eigenvalue weighted by molar-refractivity contribution is -0.116. The molecule has 1 aromatic carbocycles. The molecule has 26 heavy (non-hydrogen) atoms. The van der Waals surface area contributed by atoms with Crippen molar-refractivity contribution in [3.05, 3.63) is 47.8 Å². The van der Waals surface area contributed by atoms with Gasteiger partial charge in [0.15, 0.2) is 11.0 Å². The molecule has 0 radical (unpaired) electrons. The molecule has 1 N–H and O–H groups in total. The van der Waals surface area contributed by atoms with Crippen molar-refractivity contribution in [3.63, 3.8) is 0 Å². The maximum atomic E-state index is 12.7. The highest BCUT2D eigenvalue weighted by Gasteiger charge is 2.52. The molecular weight excluding hydrogens is 368 g/mol. The Hall–Kier alpha value is -2.45. The summed E-state index contributed by atoms with van der Waals surface area (Å²) in [5.41, 5.74) is 0.761. The molecule has 0 atom stereocenters. The second-order valence-electron chi connectivity index (χ2n) is 6.05. The van der Waals surface area contributed by atoms with Crippen LogP contribution in [0.5, 0.6) is 0 Å². The van der Waals surface area contributed by atoms with Gasteiger partial charge < -0.3 is 5.32 Å². The van der Waals surface area contributed by atoms with Crippen LogP contribution in [0.15, 0.2) is 53.0 Å². The van der Waals surface area contributed by atoms with Gasteiger partial charge in [0.25, 0.3) is 0 Å². The summed E-state index contributed by atoms with van der Waals surface area (Å²) in [7, 11) is 0. The summed E-state index contributed by atoms with van der Waals surface area (Å²) >= 11 is 2.82. The van der Waals surface area contributed by atoms with Crippen molar-refractivity contribution in [2.45, 2.75) is 29.7 Å². The first kappa shape index (κ1) is 17.0. The SMILES string of the molecule is CC(=O)n1c(SC2(C(=O)Nc3ccccc3)CC2)nnc1-c1cccs1. The van der Waals surface area contributed by atoms with Gasteiger partial charge >= 0.3 is 0 Å². The molecule has 8 heteroatoms. The van der Waals surface area contributed by atoms with Gasteiger partial charge in [-0.15, -0.1) is 21.5 Å². The smallest absolute Gasteiger partial charge is 0.241 e. The van der Waals surface area contributed by atoms with E-state index in [2.05, 4.69) is 15.5 Å². The molecule has 3 aromatic rings. The lowest BCUT2D eigenvalue weighted by Gasteiger charge is -2.14. The summed E-state index contributed by atoms with van der Waals surface area (Å²) < 4.78 is 0.898. The number of carbonyl (C=O) groups excluding carboxylic acids is 2. The highest BCUT2D eigenvalue weighted by molar-refractivity contribution is 8.01. The number of benzene rings is 1. The van der Waals surface area contributed by atoms with Gasteiger partial charge in [-0.1, -0.05) is 36.0 Å². The molecule has 1 fully saturated rings. The Labute approximate surface area is 158 Å². The van der Waals surface area contributed by atoms with Crippen molar-refractivity contribution in [3.8, 4) is 10.7 Å². The van der Waals surface area contributed by atoms with Crippen LogP contribution < -0.4 is 5.32 Å². The molecule has 1 saturated carbocycles. The molecule has 1 amide bonds. The molecule has 132 valence electrons. The lowest BCUT2D eigenvalue weighted by Crippen LogP contribution is -2.27. The minimum atomic E-state index is -0.594. The minimum Gasteiger partial charge on any atom is -0.325 e. The highest BCUT2D eigenvalue weighted by Crippen LogP contribution is 2.52. The summed E-state index contributed by atoms with van der Waals surface area (Å²) in [5.74, 6) is 0.291. The summed E-state index contributed by atoms with van der Waals surface area (Å²) in [4.78, 5) is 25.8. The molecule has 0 saturated heterocycles. The third-order valence-electron chi connectivity index (χ3n) is 4.13. The van der Waals surface area contributed by atoms with Crippen LogP contribution in [0.4, 0.5) is 5.69 Å². The zero-order chi connectivity index (χ0) is 18.1. The number of thiophene rings is 1. The van der Waals surface area contributed by atoms with E-state index in [-0.39, 0.29) is 11.8 Å². The van der Waals surface area contributed by atoms with E-state index in [4.69, 9.17) is 0 Å². The first-order valence-electron chi connectivity index (χ1n) is 8.15. The van der Waals surface area contributed by atoms with Gasteiger partial charge in [0.2, 0.25) is 11.8 Å². The van der Waals surface area contributed by atoms with Crippen LogP contribution in [0.1, 0.15) is 24.6 Å². The zero-order valence-corrected chi connectivity index (χ0v) is 15.6. The molecule has 4 rings (SSSR count). The number of aromatic nitrogens is 3. The molecule has 1 aliphatic rings. The van der Waals surface area contributed by atoms with Gasteiger partial charge in [-0.3, -0.25) is 9.59 Å². The number of hydrogen-bond donors (Lipinski definition) is 1. The van der Waals surface area contributed by atoms with Crippen LogP contribution in [-0.4, -0.2) is 31.3 Å². The number of para-hydroxylation sites is 1. The van der Waals surface area contributed by atoms with Gasteiger partial charge in [0.1, 0.15) is 4.75 Å². The van der Waals surface area contributed by atoms with E-state index in [1.165, 1.54) is 34.6 Å². The average molecular weight is 384 g/mol. The molecule has 0 aliphatic heterocycles. The van der Waals surface area contributed by atoms with Crippen LogP contribution >= 0.6 is 23.1 Å². The van der Waals surface area contributed by atoms with E-state index in [1.807, 2.05) is 47.8 Å². The fourth-order valence-corrected chi connectivity index (χ4v) is 4.50. The van der Waals surface area contributed by atoms with Crippen LogP contribution in [0.25, 0.3) is 10.7 Å². The lowest BCUT2D eigenvalue weighted by atomic mass is 10.3. The topological polar surface area (TPSA) is 76.9 Å². The number of rotatable bonds is 5. The number of anilines is 1. The number of amides is 1. The van der Waals surface area contributed by atoms with Crippen LogP contribution in [-0.2, 0) is 4.79 Å². The van der Waals surface area contributed by atoms with E-state index < -0.39 is 4.75 Å². The average Bonchev–Trinajstić information content (AvgIpc) is 3.05. The maximum absolute atomic E-state index is 12.7. The molecule has 6 nitrogen and oxygen atoms in total. The van der Waals surface area contributed by atoms with E-state index in [9.17, 15) is 9.59 Å². The monoisotopic (exact) mass is 384 g/mol. The number of nitrogens with zero attached hydrogens (tertiary/aromatic N) is 3. The Bertz CT molecular complexity index is 947.